The number of anilines is 1. The Bertz CT molecular complexity index is 608. The van der Waals surface area contributed by atoms with E-state index < -0.39 is 0 Å². The smallest absolute Gasteiger partial charge is 0.119 e. The molecule has 2 nitrogen and oxygen atoms in total. The summed E-state index contributed by atoms with van der Waals surface area (Å²) in [6, 6.07) is 6.08. The van der Waals surface area contributed by atoms with E-state index in [4.69, 9.17) is 0 Å². The Morgan fingerprint density at radius 3 is 2.62 bits per heavy atom. The highest BCUT2D eigenvalue weighted by molar-refractivity contribution is 5.62. The second-order valence-electron chi connectivity index (χ2n) is 6.46. The summed E-state index contributed by atoms with van der Waals surface area (Å²) in [5, 5.41) is 10.1. The van der Waals surface area contributed by atoms with Gasteiger partial charge in [0.25, 0.3) is 0 Å². The Labute approximate surface area is 127 Å². The van der Waals surface area contributed by atoms with Crippen LogP contribution in [0.2, 0.25) is 0 Å². The Balaban J connectivity index is 2.05. The van der Waals surface area contributed by atoms with Crippen LogP contribution in [0.1, 0.15) is 64.4 Å². The molecule has 1 N–H and O–H groups in total. The molecule has 3 rings (SSSR count). The van der Waals surface area contributed by atoms with Crippen LogP contribution in [0.25, 0.3) is 0 Å². The molecule has 1 heterocycles. The molecule has 1 aliphatic heterocycles. The molecule has 0 bridgehead atoms. The van der Waals surface area contributed by atoms with Gasteiger partial charge in [0.1, 0.15) is 5.75 Å². The molecule has 0 radical (unpaired) electrons. The molecule has 1 aromatic rings. The van der Waals surface area contributed by atoms with Gasteiger partial charge in [0, 0.05) is 17.1 Å². The van der Waals surface area contributed by atoms with Gasteiger partial charge >= 0.3 is 0 Å². The van der Waals surface area contributed by atoms with Gasteiger partial charge in [-0.05, 0) is 82.6 Å². The lowest BCUT2D eigenvalue weighted by Gasteiger charge is -2.30. The van der Waals surface area contributed by atoms with Crippen molar-refractivity contribution in [2.24, 2.45) is 0 Å². The van der Waals surface area contributed by atoms with E-state index in [0.717, 1.165) is 12.0 Å². The van der Waals surface area contributed by atoms with Crippen molar-refractivity contribution < 1.29 is 5.11 Å². The summed E-state index contributed by atoms with van der Waals surface area (Å²) in [6.07, 6.45) is 8.29. The van der Waals surface area contributed by atoms with E-state index in [1.54, 1.807) is 0 Å². The molecule has 0 amide bonds. The number of nitrogens with zero attached hydrogens (tertiary/aromatic N) is 1. The first-order valence-electron chi connectivity index (χ1n) is 8.04. The quantitative estimate of drug-likeness (QED) is 0.779. The van der Waals surface area contributed by atoms with Gasteiger partial charge in [-0.3, -0.25) is 0 Å². The number of allylic oxidation sites excluding steroid dienone is 4. The maximum Gasteiger partial charge on any atom is 0.119 e. The molecule has 1 saturated carbocycles. The highest BCUT2D eigenvalue weighted by Crippen LogP contribution is 2.45. The van der Waals surface area contributed by atoms with E-state index in [1.807, 2.05) is 12.1 Å². The van der Waals surface area contributed by atoms with Gasteiger partial charge in [0.2, 0.25) is 0 Å². The third-order valence-corrected chi connectivity index (χ3v) is 4.79. The molecule has 1 fully saturated rings. The highest BCUT2D eigenvalue weighted by atomic mass is 16.3. The van der Waals surface area contributed by atoms with Gasteiger partial charge in [-0.15, -0.1) is 0 Å². The molecule has 0 aromatic heterocycles. The van der Waals surface area contributed by atoms with Gasteiger partial charge in [-0.25, -0.2) is 0 Å². The number of hydrogen-bond acceptors (Lipinski definition) is 2. The van der Waals surface area contributed by atoms with Crippen molar-refractivity contribution >= 4 is 5.69 Å². The van der Waals surface area contributed by atoms with Crippen LogP contribution in [0.5, 0.6) is 5.75 Å². The Morgan fingerprint density at radius 2 is 1.90 bits per heavy atom. The van der Waals surface area contributed by atoms with Crippen molar-refractivity contribution in [2.45, 2.75) is 58.8 Å². The van der Waals surface area contributed by atoms with Gasteiger partial charge < -0.3 is 10.0 Å². The molecule has 1 aromatic carbocycles. The van der Waals surface area contributed by atoms with Crippen LogP contribution in [0.3, 0.4) is 0 Å². The maximum atomic E-state index is 10.1. The van der Waals surface area contributed by atoms with E-state index in [-0.39, 0.29) is 0 Å². The van der Waals surface area contributed by atoms with E-state index >= 15 is 0 Å². The van der Waals surface area contributed by atoms with Gasteiger partial charge in [-0.1, -0.05) is 11.6 Å². The molecule has 21 heavy (non-hydrogen) atoms. The van der Waals surface area contributed by atoms with Crippen molar-refractivity contribution in [3.05, 3.63) is 46.8 Å². The Kier molecular flexibility index (Phi) is 3.79. The van der Waals surface area contributed by atoms with Crippen LogP contribution in [-0.2, 0) is 0 Å². The standard InChI is InChI=1S/C19H25NO/c1-13-6-4-5-7-14(2)20(15(13)3)17-10-11-19(21)18(12-17)16-8-9-16/h7,10-12,16,21H,4-6,8-9H2,1-3H3. The largest absolute Gasteiger partial charge is 0.508 e. The molecular formula is C19H25NO. The number of phenolic OH excluding ortho intramolecular Hbond substituents is 1. The van der Waals surface area contributed by atoms with Crippen molar-refractivity contribution in [3.8, 4) is 5.75 Å². The fourth-order valence-corrected chi connectivity index (χ4v) is 3.21. The topological polar surface area (TPSA) is 23.5 Å². The van der Waals surface area contributed by atoms with Crippen LogP contribution in [0, 0.1) is 0 Å². The molecular weight excluding hydrogens is 258 g/mol. The molecule has 0 unspecified atom stereocenters. The third-order valence-electron chi connectivity index (χ3n) is 4.79. The Hall–Kier alpha value is -1.70. The summed E-state index contributed by atoms with van der Waals surface area (Å²) < 4.78 is 0. The number of rotatable bonds is 2. The second-order valence-corrected chi connectivity index (χ2v) is 6.46. The van der Waals surface area contributed by atoms with E-state index in [0.29, 0.717) is 11.7 Å². The molecule has 2 aliphatic rings. The summed E-state index contributed by atoms with van der Waals surface area (Å²) in [6.45, 7) is 6.64. The fourth-order valence-electron chi connectivity index (χ4n) is 3.21. The SMILES string of the molecule is CC1=CCCCC(C)=C(C)N1c1ccc(O)c(C2CC2)c1. The van der Waals surface area contributed by atoms with E-state index in [1.165, 1.54) is 48.3 Å². The van der Waals surface area contributed by atoms with Crippen molar-refractivity contribution in [3.63, 3.8) is 0 Å². The fraction of sp³-hybridized carbons (Fsp3) is 0.474. The highest BCUT2D eigenvalue weighted by Gasteiger charge is 2.27. The first-order chi connectivity index (χ1) is 10.1. The Morgan fingerprint density at radius 1 is 1.14 bits per heavy atom. The number of benzene rings is 1. The first-order valence-corrected chi connectivity index (χ1v) is 8.04. The maximum absolute atomic E-state index is 10.1. The summed E-state index contributed by atoms with van der Waals surface area (Å²) in [5.41, 5.74) is 6.38. The van der Waals surface area contributed by atoms with Gasteiger partial charge in [-0.2, -0.15) is 0 Å². The van der Waals surface area contributed by atoms with Crippen LogP contribution >= 0.6 is 0 Å². The molecule has 112 valence electrons. The molecule has 0 atom stereocenters. The zero-order valence-corrected chi connectivity index (χ0v) is 13.3. The minimum atomic E-state index is 0.452. The minimum Gasteiger partial charge on any atom is -0.508 e. The third kappa shape index (κ3) is 2.85. The minimum absolute atomic E-state index is 0.452. The lowest BCUT2D eigenvalue weighted by atomic mass is 10.0. The lowest BCUT2D eigenvalue weighted by Crippen LogP contribution is -2.21. The van der Waals surface area contributed by atoms with E-state index in [9.17, 15) is 5.11 Å². The predicted octanol–water partition coefficient (Wildman–Crippen LogP) is 5.46. The summed E-state index contributed by atoms with van der Waals surface area (Å²) in [5.74, 6) is 1.02. The summed E-state index contributed by atoms with van der Waals surface area (Å²) >= 11 is 0. The summed E-state index contributed by atoms with van der Waals surface area (Å²) in [4.78, 5) is 2.35. The van der Waals surface area contributed by atoms with Crippen LogP contribution in [0.4, 0.5) is 5.69 Å². The summed E-state index contributed by atoms with van der Waals surface area (Å²) in [7, 11) is 0. The van der Waals surface area contributed by atoms with Crippen molar-refractivity contribution in [2.75, 3.05) is 4.90 Å². The van der Waals surface area contributed by atoms with Crippen LogP contribution in [-0.4, -0.2) is 5.11 Å². The lowest BCUT2D eigenvalue weighted by molar-refractivity contribution is 0.468. The number of aromatic hydroxyl groups is 1. The molecule has 0 saturated heterocycles. The predicted molar refractivity (Wildman–Crippen MR) is 88.5 cm³/mol. The number of phenols is 1. The van der Waals surface area contributed by atoms with Gasteiger partial charge in [0.05, 0.1) is 0 Å². The van der Waals surface area contributed by atoms with Crippen molar-refractivity contribution in [1.82, 2.24) is 0 Å². The molecule has 0 spiro atoms. The second kappa shape index (κ2) is 5.59. The van der Waals surface area contributed by atoms with Crippen LogP contribution < -0.4 is 4.90 Å². The van der Waals surface area contributed by atoms with Crippen LogP contribution in [0.15, 0.2) is 41.2 Å². The first kappa shape index (κ1) is 14.2. The van der Waals surface area contributed by atoms with E-state index in [2.05, 4.69) is 37.8 Å². The zero-order chi connectivity index (χ0) is 15.0. The monoisotopic (exact) mass is 283 g/mol. The zero-order valence-electron chi connectivity index (χ0n) is 13.3. The number of hydrogen-bond donors (Lipinski definition) is 1. The average Bonchev–Trinajstić information content (AvgIpc) is 3.28. The normalized spacial score (nSPS) is 20.1. The molecule has 2 heteroatoms. The van der Waals surface area contributed by atoms with Crippen molar-refractivity contribution in [1.29, 1.82) is 0 Å². The van der Waals surface area contributed by atoms with Gasteiger partial charge in [0.15, 0.2) is 0 Å². The molecule has 1 aliphatic carbocycles. The average molecular weight is 283 g/mol.